The van der Waals surface area contributed by atoms with Crippen LogP contribution in [0.2, 0.25) is 0 Å². The van der Waals surface area contributed by atoms with Crippen molar-refractivity contribution in [3.05, 3.63) is 17.5 Å². The van der Waals surface area contributed by atoms with Crippen molar-refractivity contribution in [2.24, 2.45) is 7.05 Å². The van der Waals surface area contributed by atoms with Crippen molar-refractivity contribution < 1.29 is 14.6 Å². The topological polar surface area (TPSA) is 64.4 Å². The van der Waals surface area contributed by atoms with Gasteiger partial charge in [-0.3, -0.25) is 4.68 Å². The van der Waals surface area contributed by atoms with Gasteiger partial charge in [0.1, 0.15) is 0 Å². The summed E-state index contributed by atoms with van der Waals surface area (Å²) < 4.78 is 7.04. The SMILES string of the molecule is Cn1nc(C(=O)O)cc1C1CCCO1. The number of hydrogen-bond acceptors (Lipinski definition) is 3. The maximum Gasteiger partial charge on any atom is 0.356 e. The fourth-order valence-corrected chi connectivity index (χ4v) is 1.70. The van der Waals surface area contributed by atoms with Crippen LogP contribution >= 0.6 is 0 Å². The lowest BCUT2D eigenvalue weighted by Gasteiger charge is -2.08. The highest BCUT2D eigenvalue weighted by Gasteiger charge is 2.23. The first kappa shape index (κ1) is 9.21. The van der Waals surface area contributed by atoms with E-state index < -0.39 is 5.97 Å². The standard InChI is InChI=1S/C9H12N2O3/c1-11-7(8-3-2-4-14-8)5-6(10-11)9(12)13/h5,8H,2-4H2,1H3,(H,12,13). The predicted molar refractivity (Wildman–Crippen MR) is 48.1 cm³/mol. The highest BCUT2D eigenvalue weighted by Crippen LogP contribution is 2.28. The van der Waals surface area contributed by atoms with E-state index in [-0.39, 0.29) is 11.8 Å². The van der Waals surface area contributed by atoms with Crippen LogP contribution in [0.25, 0.3) is 0 Å². The Morgan fingerprint density at radius 2 is 2.57 bits per heavy atom. The molecular formula is C9H12N2O3. The first-order valence-corrected chi connectivity index (χ1v) is 4.57. The van der Waals surface area contributed by atoms with Crippen LogP contribution in [0.15, 0.2) is 6.07 Å². The minimum atomic E-state index is -0.996. The maximum atomic E-state index is 10.7. The molecule has 1 aliphatic rings. The van der Waals surface area contributed by atoms with Gasteiger partial charge < -0.3 is 9.84 Å². The van der Waals surface area contributed by atoms with Gasteiger partial charge in [0.05, 0.1) is 11.8 Å². The van der Waals surface area contributed by atoms with Crippen LogP contribution in [0.3, 0.4) is 0 Å². The lowest BCUT2D eigenvalue weighted by Crippen LogP contribution is -2.04. The third-order valence-electron chi connectivity index (χ3n) is 2.39. The minimum absolute atomic E-state index is 0.0144. The van der Waals surface area contributed by atoms with E-state index in [1.165, 1.54) is 0 Å². The number of nitrogens with zero attached hydrogens (tertiary/aromatic N) is 2. The Hall–Kier alpha value is -1.36. The molecule has 0 saturated carbocycles. The predicted octanol–water partition coefficient (Wildman–Crippen LogP) is 0.970. The minimum Gasteiger partial charge on any atom is -0.476 e. The third-order valence-corrected chi connectivity index (χ3v) is 2.39. The van der Waals surface area contributed by atoms with Gasteiger partial charge in [-0.05, 0) is 18.9 Å². The summed E-state index contributed by atoms with van der Waals surface area (Å²) >= 11 is 0. The molecule has 1 saturated heterocycles. The molecule has 2 rings (SSSR count). The van der Waals surface area contributed by atoms with Crippen LogP contribution in [0.1, 0.15) is 35.1 Å². The van der Waals surface area contributed by atoms with Crippen molar-refractivity contribution in [1.29, 1.82) is 0 Å². The largest absolute Gasteiger partial charge is 0.476 e. The summed E-state index contributed by atoms with van der Waals surface area (Å²) in [5.74, 6) is -0.996. The van der Waals surface area contributed by atoms with E-state index in [9.17, 15) is 4.79 Å². The molecule has 0 aliphatic carbocycles. The van der Waals surface area contributed by atoms with Crippen molar-refractivity contribution in [1.82, 2.24) is 9.78 Å². The molecular weight excluding hydrogens is 184 g/mol. The first-order valence-electron chi connectivity index (χ1n) is 4.57. The van der Waals surface area contributed by atoms with Gasteiger partial charge in [-0.2, -0.15) is 5.10 Å². The Morgan fingerprint density at radius 1 is 1.79 bits per heavy atom. The summed E-state index contributed by atoms with van der Waals surface area (Å²) in [4.78, 5) is 10.7. The number of hydrogen-bond donors (Lipinski definition) is 1. The number of carboxylic acid groups (broad SMARTS) is 1. The second kappa shape index (κ2) is 3.42. The average Bonchev–Trinajstić information content (AvgIpc) is 2.71. The Kier molecular flexibility index (Phi) is 2.25. The van der Waals surface area contributed by atoms with Crippen molar-refractivity contribution in [2.45, 2.75) is 18.9 Å². The van der Waals surface area contributed by atoms with Gasteiger partial charge in [-0.1, -0.05) is 0 Å². The van der Waals surface area contributed by atoms with E-state index in [4.69, 9.17) is 9.84 Å². The van der Waals surface area contributed by atoms with Gasteiger partial charge in [0.25, 0.3) is 0 Å². The molecule has 1 atom stereocenters. The molecule has 5 nitrogen and oxygen atoms in total. The molecule has 14 heavy (non-hydrogen) atoms. The highest BCUT2D eigenvalue weighted by molar-refractivity contribution is 5.85. The van der Waals surface area contributed by atoms with E-state index in [2.05, 4.69) is 5.10 Å². The average molecular weight is 196 g/mol. The summed E-state index contributed by atoms with van der Waals surface area (Å²) in [5.41, 5.74) is 0.929. The van der Waals surface area contributed by atoms with Crippen LogP contribution in [0.4, 0.5) is 0 Å². The van der Waals surface area contributed by atoms with Gasteiger partial charge >= 0.3 is 5.97 Å². The van der Waals surface area contributed by atoms with Crippen LogP contribution in [0.5, 0.6) is 0 Å². The maximum absolute atomic E-state index is 10.7. The zero-order valence-corrected chi connectivity index (χ0v) is 7.93. The van der Waals surface area contributed by atoms with Crippen molar-refractivity contribution in [3.63, 3.8) is 0 Å². The Labute approximate surface area is 81.3 Å². The molecule has 2 heterocycles. The lowest BCUT2D eigenvalue weighted by atomic mass is 10.2. The number of aryl methyl sites for hydroxylation is 1. The van der Waals surface area contributed by atoms with E-state index >= 15 is 0 Å². The fraction of sp³-hybridized carbons (Fsp3) is 0.556. The number of rotatable bonds is 2. The summed E-state index contributed by atoms with van der Waals surface area (Å²) in [6.45, 7) is 0.748. The Morgan fingerprint density at radius 3 is 3.07 bits per heavy atom. The number of ether oxygens (including phenoxy) is 1. The summed E-state index contributed by atoms with van der Waals surface area (Å²) in [6, 6.07) is 1.58. The van der Waals surface area contributed by atoms with Crippen LogP contribution in [-0.4, -0.2) is 27.5 Å². The normalized spacial score (nSPS) is 21.4. The summed E-state index contributed by atoms with van der Waals surface area (Å²) in [6.07, 6.45) is 1.98. The van der Waals surface area contributed by atoms with Crippen LogP contribution < -0.4 is 0 Å². The quantitative estimate of drug-likeness (QED) is 0.765. The zero-order chi connectivity index (χ0) is 10.1. The monoisotopic (exact) mass is 196 g/mol. The number of carboxylic acids is 1. The van der Waals surface area contributed by atoms with E-state index in [0.29, 0.717) is 0 Å². The molecule has 0 aromatic carbocycles. The number of aromatic nitrogens is 2. The molecule has 0 radical (unpaired) electrons. The first-order chi connectivity index (χ1) is 6.68. The number of carbonyl (C=O) groups is 1. The molecule has 1 aromatic rings. The zero-order valence-electron chi connectivity index (χ0n) is 7.93. The van der Waals surface area contributed by atoms with Gasteiger partial charge in [-0.15, -0.1) is 0 Å². The van der Waals surface area contributed by atoms with Gasteiger partial charge in [0, 0.05) is 13.7 Å². The van der Waals surface area contributed by atoms with Gasteiger partial charge in [0.15, 0.2) is 5.69 Å². The molecule has 1 fully saturated rings. The third kappa shape index (κ3) is 1.50. The second-order valence-electron chi connectivity index (χ2n) is 3.38. The van der Waals surface area contributed by atoms with E-state index in [1.807, 2.05) is 0 Å². The molecule has 5 heteroatoms. The molecule has 0 spiro atoms. The molecule has 1 unspecified atom stereocenters. The van der Waals surface area contributed by atoms with Crippen molar-refractivity contribution >= 4 is 5.97 Å². The molecule has 0 amide bonds. The Bertz CT molecular complexity index is 353. The van der Waals surface area contributed by atoms with Crippen molar-refractivity contribution in [2.75, 3.05) is 6.61 Å². The molecule has 1 aromatic heterocycles. The number of aromatic carboxylic acids is 1. The van der Waals surface area contributed by atoms with Gasteiger partial charge in [-0.25, -0.2) is 4.79 Å². The van der Waals surface area contributed by atoms with Crippen LogP contribution in [0, 0.1) is 0 Å². The molecule has 76 valence electrons. The van der Waals surface area contributed by atoms with Crippen LogP contribution in [-0.2, 0) is 11.8 Å². The molecule has 1 N–H and O–H groups in total. The highest BCUT2D eigenvalue weighted by atomic mass is 16.5. The second-order valence-corrected chi connectivity index (χ2v) is 3.38. The smallest absolute Gasteiger partial charge is 0.356 e. The molecule has 1 aliphatic heterocycles. The summed E-state index contributed by atoms with van der Waals surface area (Å²) in [7, 11) is 1.74. The lowest BCUT2D eigenvalue weighted by molar-refractivity contribution is 0.0689. The fourth-order valence-electron chi connectivity index (χ4n) is 1.70. The van der Waals surface area contributed by atoms with Gasteiger partial charge in [0.2, 0.25) is 0 Å². The Balaban J connectivity index is 2.28. The molecule has 0 bridgehead atoms. The van der Waals surface area contributed by atoms with E-state index in [0.717, 1.165) is 25.1 Å². The van der Waals surface area contributed by atoms with Crippen molar-refractivity contribution in [3.8, 4) is 0 Å². The van der Waals surface area contributed by atoms with E-state index in [1.54, 1.807) is 17.8 Å². The summed E-state index contributed by atoms with van der Waals surface area (Å²) in [5, 5.41) is 12.6.